The van der Waals surface area contributed by atoms with E-state index in [0.717, 1.165) is 25.7 Å². The lowest BCUT2D eigenvalue weighted by Crippen LogP contribution is -2.44. The summed E-state index contributed by atoms with van der Waals surface area (Å²) in [5, 5.41) is 8.30. The smallest absolute Gasteiger partial charge is 0.412 e. The second-order valence-corrected chi connectivity index (χ2v) is 17.7. The van der Waals surface area contributed by atoms with E-state index in [1.807, 2.05) is 13.8 Å². The van der Waals surface area contributed by atoms with Gasteiger partial charge in [-0.15, -0.1) is 0 Å². The van der Waals surface area contributed by atoms with Crippen LogP contribution in [0.4, 0.5) is 4.79 Å². The number of amides is 1. The van der Waals surface area contributed by atoms with Gasteiger partial charge in [0.15, 0.2) is 26.0 Å². The van der Waals surface area contributed by atoms with Crippen LogP contribution in [-0.2, 0) is 18.6 Å². The van der Waals surface area contributed by atoms with Gasteiger partial charge < -0.3 is 28.7 Å². The Morgan fingerprint density at radius 1 is 1.24 bits per heavy atom. The number of nitrogens with one attached hydrogen (secondary N) is 1. The number of fused-ring (bicyclic) bond motifs is 2. The molecule has 3 aliphatic rings. The van der Waals surface area contributed by atoms with Crippen LogP contribution >= 0.6 is 11.6 Å². The van der Waals surface area contributed by atoms with Gasteiger partial charge in [-0.1, -0.05) is 45.2 Å². The maximum atomic E-state index is 12.6. The maximum absolute atomic E-state index is 12.6. The first-order chi connectivity index (χ1) is 17.7. The highest BCUT2D eigenvalue weighted by molar-refractivity contribution is 6.74. The molecule has 4 heterocycles. The average molecular weight is 567 g/mol. The SMILES string of the molecule is CC1(C)O[C@@H]2[C@H](O1)[C@@H](CO[Si](C)(C)C(C)(C)C)O[C@H]2n1ncc2c(OC(=O)NC3CCCC3)cc(Cl)nc21. The van der Waals surface area contributed by atoms with Gasteiger partial charge in [0.2, 0.25) is 0 Å². The Labute approximate surface area is 229 Å². The molecule has 0 aromatic carbocycles. The second-order valence-electron chi connectivity index (χ2n) is 12.5. The topological polar surface area (TPSA) is 106 Å². The Bertz CT molecular complexity index is 1190. The Morgan fingerprint density at radius 2 is 1.92 bits per heavy atom. The molecule has 5 rings (SSSR count). The van der Waals surface area contributed by atoms with E-state index in [9.17, 15) is 4.79 Å². The Balaban J connectivity index is 1.40. The van der Waals surface area contributed by atoms with Gasteiger partial charge in [0.1, 0.15) is 29.2 Å². The van der Waals surface area contributed by atoms with E-state index >= 15 is 0 Å². The summed E-state index contributed by atoms with van der Waals surface area (Å²) in [6.45, 7) is 15.2. The molecule has 2 aliphatic heterocycles. The van der Waals surface area contributed by atoms with E-state index in [-0.39, 0.29) is 34.2 Å². The molecule has 1 amide bonds. The molecule has 38 heavy (non-hydrogen) atoms. The first kappa shape index (κ1) is 27.8. The zero-order valence-electron chi connectivity index (χ0n) is 23.2. The Morgan fingerprint density at radius 3 is 2.61 bits per heavy atom. The van der Waals surface area contributed by atoms with Gasteiger partial charge in [0, 0.05) is 12.1 Å². The molecule has 0 bridgehead atoms. The highest BCUT2D eigenvalue weighted by Gasteiger charge is 2.57. The number of carbonyl (C=O) groups excluding carboxylic acids is 1. The Kier molecular flexibility index (Phi) is 7.32. The minimum absolute atomic E-state index is 0.0655. The third-order valence-corrected chi connectivity index (χ3v) is 12.9. The zero-order valence-corrected chi connectivity index (χ0v) is 25.0. The summed E-state index contributed by atoms with van der Waals surface area (Å²) in [5.41, 5.74) is 0.434. The summed E-state index contributed by atoms with van der Waals surface area (Å²) in [6.07, 6.45) is 3.47. The van der Waals surface area contributed by atoms with Crippen molar-refractivity contribution in [2.24, 2.45) is 0 Å². The quantitative estimate of drug-likeness (QED) is 0.358. The summed E-state index contributed by atoms with van der Waals surface area (Å²) in [4.78, 5) is 17.1. The van der Waals surface area contributed by atoms with Crippen molar-refractivity contribution in [1.29, 1.82) is 0 Å². The fourth-order valence-electron chi connectivity index (χ4n) is 5.09. The summed E-state index contributed by atoms with van der Waals surface area (Å²) in [5.74, 6) is -0.495. The van der Waals surface area contributed by atoms with Crippen molar-refractivity contribution in [2.45, 2.75) is 115 Å². The molecule has 1 N–H and O–H groups in total. The third kappa shape index (κ3) is 5.46. The van der Waals surface area contributed by atoms with Gasteiger partial charge in [-0.25, -0.2) is 14.5 Å². The van der Waals surface area contributed by atoms with Gasteiger partial charge in [-0.3, -0.25) is 0 Å². The average Bonchev–Trinajstić information content (AvgIpc) is 3.56. The number of halogens is 1. The van der Waals surface area contributed by atoms with Crippen LogP contribution in [0.5, 0.6) is 5.75 Å². The molecule has 3 fully saturated rings. The van der Waals surface area contributed by atoms with Gasteiger partial charge in [-0.05, 0) is 44.8 Å². The first-order valence-corrected chi connectivity index (χ1v) is 16.7. The zero-order chi connectivity index (χ0) is 27.5. The number of nitrogens with zero attached hydrogens (tertiary/aromatic N) is 3. The summed E-state index contributed by atoms with van der Waals surface area (Å²) in [6, 6.07) is 1.66. The van der Waals surface area contributed by atoms with Crippen molar-refractivity contribution in [3.8, 4) is 5.75 Å². The molecular formula is C26H39ClN4O6Si. The van der Waals surface area contributed by atoms with Gasteiger partial charge in [0.05, 0.1) is 18.2 Å². The molecule has 0 unspecified atom stereocenters. The molecule has 2 aromatic rings. The van der Waals surface area contributed by atoms with Crippen LogP contribution in [0, 0.1) is 0 Å². The summed E-state index contributed by atoms with van der Waals surface area (Å²) >= 11 is 6.36. The van der Waals surface area contributed by atoms with Crippen LogP contribution in [-0.4, -0.2) is 65.9 Å². The Hall–Kier alpha value is -1.76. The normalized spacial score (nSPS) is 27.7. The molecule has 2 saturated heterocycles. The lowest BCUT2D eigenvalue weighted by Gasteiger charge is -2.37. The second kappa shape index (κ2) is 10.0. The number of aromatic nitrogens is 3. The van der Waals surface area contributed by atoms with Crippen LogP contribution in [0.15, 0.2) is 12.3 Å². The van der Waals surface area contributed by atoms with Gasteiger partial charge >= 0.3 is 6.09 Å². The molecule has 4 atom stereocenters. The van der Waals surface area contributed by atoms with Crippen LogP contribution < -0.4 is 10.1 Å². The standard InChI is InChI=1S/C26H39ClN4O6Si/c1-25(2,3)38(6,7)33-14-18-20-21(37-26(4,5)36-20)23(34-18)31-22-16(13-28-31)17(12-19(27)30-22)35-24(32)29-15-10-8-9-11-15/h12-13,15,18,20-21,23H,8-11,14H2,1-7H3,(H,29,32)/t18-,20-,21-,23-/m1/s1. The van der Waals surface area contributed by atoms with Crippen LogP contribution in [0.1, 0.15) is 66.5 Å². The molecule has 1 saturated carbocycles. The molecule has 12 heteroatoms. The lowest BCUT2D eigenvalue weighted by atomic mass is 10.1. The highest BCUT2D eigenvalue weighted by atomic mass is 35.5. The lowest BCUT2D eigenvalue weighted by molar-refractivity contribution is -0.200. The van der Waals surface area contributed by atoms with E-state index in [2.05, 4.69) is 49.3 Å². The van der Waals surface area contributed by atoms with Crippen molar-refractivity contribution in [3.05, 3.63) is 17.4 Å². The van der Waals surface area contributed by atoms with Crippen LogP contribution in [0.2, 0.25) is 23.3 Å². The van der Waals surface area contributed by atoms with E-state index in [4.69, 9.17) is 35.0 Å². The molecule has 1 aliphatic carbocycles. The molecule has 0 spiro atoms. The van der Waals surface area contributed by atoms with Crippen LogP contribution in [0.3, 0.4) is 0 Å². The number of ether oxygens (including phenoxy) is 4. The monoisotopic (exact) mass is 566 g/mol. The van der Waals surface area contributed by atoms with E-state index in [0.29, 0.717) is 17.6 Å². The predicted molar refractivity (Wildman–Crippen MR) is 145 cm³/mol. The number of hydrogen-bond acceptors (Lipinski definition) is 8. The summed E-state index contributed by atoms with van der Waals surface area (Å²) in [7, 11) is -2.01. The number of carbonyl (C=O) groups is 1. The van der Waals surface area contributed by atoms with E-state index in [1.54, 1.807) is 10.9 Å². The van der Waals surface area contributed by atoms with E-state index < -0.39 is 32.5 Å². The van der Waals surface area contributed by atoms with Crippen molar-refractivity contribution in [1.82, 2.24) is 20.1 Å². The van der Waals surface area contributed by atoms with Crippen LogP contribution in [0.25, 0.3) is 11.0 Å². The first-order valence-electron chi connectivity index (χ1n) is 13.4. The van der Waals surface area contributed by atoms with E-state index in [1.165, 1.54) is 6.07 Å². The van der Waals surface area contributed by atoms with Gasteiger partial charge in [0.25, 0.3) is 0 Å². The molecule has 10 nitrogen and oxygen atoms in total. The van der Waals surface area contributed by atoms with Crippen molar-refractivity contribution >= 4 is 37.0 Å². The van der Waals surface area contributed by atoms with Crippen molar-refractivity contribution in [2.75, 3.05) is 6.61 Å². The summed E-state index contributed by atoms with van der Waals surface area (Å²) < 4.78 is 32.8. The molecule has 210 valence electrons. The molecule has 0 radical (unpaired) electrons. The molecule has 2 aromatic heterocycles. The predicted octanol–water partition coefficient (Wildman–Crippen LogP) is 5.56. The number of hydrogen-bond donors (Lipinski definition) is 1. The fraction of sp³-hybridized carbons (Fsp3) is 0.731. The van der Waals surface area contributed by atoms with Crippen molar-refractivity contribution < 1.29 is 28.2 Å². The highest BCUT2D eigenvalue weighted by Crippen LogP contribution is 2.45. The number of rotatable bonds is 6. The maximum Gasteiger partial charge on any atom is 0.412 e. The largest absolute Gasteiger partial charge is 0.414 e. The van der Waals surface area contributed by atoms with Crippen molar-refractivity contribution in [3.63, 3.8) is 0 Å². The molecular weight excluding hydrogens is 528 g/mol. The number of pyridine rings is 1. The minimum Gasteiger partial charge on any atom is -0.414 e. The third-order valence-electron chi connectivity index (χ3n) is 8.16. The fourth-order valence-corrected chi connectivity index (χ4v) is 6.29. The minimum atomic E-state index is -2.01. The van der Waals surface area contributed by atoms with Gasteiger partial charge in [-0.2, -0.15) is 5.10 Å².